The first-order valence-corrected chi connectivity index (χ1v) is 6.42. The molecule has 1 saturated heterocycles. The lowest BCUT2D eigenvalue weighted by Crippen LogP contribution is -2.53. The lowest BCUT2D eigenvalue weighted by Gasteiger charge is -2.42. The highest BCUT2D eigenvalue weighted by Crippen LogP contribution is 2.28. The fourth-order valence-electron chi connectivity index (χ4n) is 3.04. The van der Waals surface area contributed by atoms with E-state index in [0.29, 0.717) is 11.5 Å². The number of nitrogens with two attached hydrogens (primary N) is 1. The number of hydrogen-bond donors (Lipinski definition) is 1. The monoisotopic (exact) mass is 212 g/mol. The van der Waals surface area contributed by atoms with E-state index in [1.165, 1.54) is 38.8 Å². The van der Waals surface area contributed by atoms with E-state index in [2.05, 4.69) is 32.6 Å². The summed E-state index contributed by atoms with van der Waals surface area (Å²) in [6.07, 6.45) is 5.48. The summed E-state index contributed by atoms with van der Waals surface area (Å²) in [6.45, 7) is 11.6. The van der Waals surface area contributed by atoms with Crippen LogP contribution in [0, 0.1) is 5.41 Å². The van der Waals surface area contributed by atoms with Crippen molar-refractivity contribution in [3.05, 3.63) is 0 Å². The van der Waals surface area contributed by atoms with Gasteiger partial charge in [0.1, 0.15) is 0 Å². The zero-order chi connectivity index (χ0) is 11.5. The Labute approximate surface area is 95.2 Å². The largest absolute Gasteiger partial charge is 0.327 e. The SMILES string of the molecule is CC(N)C(N1CCCCCC1)C(C)(C)C. The van der Waals surface area contributed by atoms with Crippen LogP contribution in [0.3, 0.4) is 0 Å². The third-order valence-corrected chi connectivity index (χ3v) is 3.42. The van der Waals surface area contributed by atoms with E-state index in [9.17, 15) is 0 Å². The molecule has 2 atom stereocenters. The minimum atomic E-state index is 0.267. The zero-order valence-corrected chi connectivity index (χ0v) is 10.9. The predicted octanol–water partition coefficient (Wildman–Crippen LogP) is 2.62. The first-order valence-electron chi connectivity index (χ1n) is 6.42. The van der Waals surface area contributed by atoms with Crippen molar-refractivity contribution in [2.45, 2.75) is 65.5 Å². The first kappa shape index (κ1) is 13.0. The molecule has 0 amide bonds. The Balaban J connectivity index is 2.69. The Hall–Kier alpha value is -0.0800. The van der Waals surface area contributed by atoms with E-state index in [1.54, 1.807) is 0 Å². The molecule has 0 saturated carbocycles. The van der Waals surface area contributed by atoms with Gasteiger partial charge in [0.15, 0.2) is 0 Å². The van der Waals surface area contributed by atoms with Gasteiger partial charge < -0.3 is 5.73 Å². The zero-order valence-electron chi connectivity index (χ0n) is 10.9. The molecule has 0 aliphatic carbocycles. The average Bonchev–Trinajstić information content (AvgIpc) is 2.29. The smallest absolute Gasteiger partial charge is 0.0292 e. The van der Waals surface area contributed by atoms with Gasteiger partial charge in [-0.2, -0.15) is 0 Å². The molecule has 90 valence electrons. The summed E-state index contributed by atoms with van der Waals surface area (Å²) in [6, 6.07) is 0.790. The number of nitrogens with zero attached hydrogens (tertiary/aromatic N) is 1. The molecular formula is C13H28N2. The molecule has 2 nitrogen and oxygen atoms in total. The first-order chi connectivity index (χ1) is 6.93. The van der Waals surface area contributed by atoms with Gasteiger partial charge in [-0.15, -0.1) is 0 Å². The average molecular weight is 212 g/mol. The molecule has 0 aromatic carbocycles. The van der Waals surface area contributed by atoms with Gasteiger partial charge in [-0.1, -0.05) is 33.6 Å². The lowest BCUT2D eigenvalue weighted by molar-refractivity contribution is 0.0851. The van der Waals surface area contributed by atoms with Crippen LogP contribution < -0.4 is 5.73 Å². The molecule has 0 aromatic heterocycles. The second-order valence-electron chi connectivity index (χ2n) is 6.12. The van der Waals surface area contributed by atoms with Crippen LogP contribution in [-0.4, -0.2) is 30.1 Å². The molecule has 15 heavy (non-hydrogen) atoms. The molecule has 0 aromatic rings. The van der Waals surface area contributed by atoms with Crippen LogP contribution in [0.25, 0.3) is 0 Å². The van der Waals surface area contributed by atoms with Gasteiger partial charge >= 0.3 is 0 Å². The Kier molecular flexibility index (Phi) is 4.60. The molecule has 1 rings (SSSR count). The number of likely N-dealkylation sites (tertiary alicyclic amines) is 1. The summed E-state index contributed by atoms with van der Waals surface area (Å²) < 4.78 is 0. The second-order valence-corrected chi connectivity index (χ2v) is 6.12. The molecule has 2 N–H and O–H groups in total. The summed E-state index contributed by atoms with van der Waals surface area (Å²) >= 11 is 0. The van der Waals surface area contributed by atoms with Crippen molar-refractivity contribution in [2.24, 2.45) is 11.1 Å². The maximum atomic E-state index is 6.16. The standard InChI is InChI=1S/C13H28N2/c1-11(14)12(13(2,3)4)15-9-7-5-6-8-10-15/h11-12H,5-10,14H2,1-4H3. The Bertz CT molecular complexity index is 173. The maximum Gasteiger partial charge on any atom is 0.0292 e. The van der Waals surface area contributed by atoms with Gasteiger partial charge in [0.2, 0.25) is 0 Å². The van der Waals surface area contributed by atoms with Crippen LogP contribution in [0.5, 0.6) is 0 Å². The Morgan fingerprint density at radius 2 is 1.47 bits per heavy atom. The highest BCUT2D eigenvalue weighted by Gasteiger charge is 2.33. The normalized spacial score (nSPS) is 24.6. The Morgan fingerprint density at radius 3 is 1.80 bits per heavy atom. The quantitative estimate of drug-likeness (QED) is 0.762. The highest BCUT2D eigenvalue weighted by atomic mass is 15.2. The van der Waals surface area contributed by atoms with E-state index in [-0.39, 0.29) is 6.04 Å². The lowest BCUT2D eigenvalue weighted by atomic mass is 9.81. The Morgan fingerprint density at radius 1 is 1.00 bits per heavy atom. The fourth-order valence-corrected chi connectivity index (χ4v) is 3.04. The molecule has 0 radical (unpaired) electrons. The van der Waals surface area contributed by atoms with Gasteiger partial charge in [0, 0.05) is 12.1 Å². The van der Waals surface area contributed by atoms with Crippen molar-refractivity contribution in [3.63, 3.8) is 0 Å². The van der Waals surface area contributed by atoms with Gasteiger partial charge in [-0.25, -0.2) is 0 Å². The summed E-state index contributed by atoms with van der Waals surface area (Å²) in [7, 11) is 0. The number of hydrogen-bond acceptors (Lipinski definition) is 2. The van der Waals surface area contributed by atoms with Crippen molar-refractivity contribution in [1.29, 1.82) is 0 Å². The fraction of sp³-hybridized carbons (Fsp3) is 1.00. The van der Waals surface area contributed by atoms with Crippen LogP contribution >= 0.6 is 0 Å². The van der Waals surface area contributed by atoms with Crippen molar-refractivity contribution in [3.8, 4) is 0 Å². The van der Waals surface area contributed by atoms with Crippen LogP contribution in [-0.2, 0) is 0 Å². The molecule has 1 aliphatic heterocycles. The van der Waals surface area contributed by atoms with E-state index in [1.807, 2.05) is 0 Å². The summed E-state index contributed by atoms with van der Waals surface area (Å²) in [5.41, 5.74) is 6.45. The minimum Gasteiger partial charge on any atom is -0.327 e. The van der Waals surface area contributed by atoms with E-state index < -0.39 is 0 Å². The van der Waals surface area contributed by atoms with E-state index in [0.717, 1.165) is 0 Å². The highest BCUT2D eigenvalue weighted by molar-refractivity contribution is 4.89. The van der Waals surface area contributed by atoms with Gasteiger partial charge in [-0.3, -0.25) is 4.90 Å². The second kappa shape index (κ2) is 5.31. The van der Waals surface area contributed by atoms with Gasteiger partial charge in [0.25, 0.3) is 0 Å². The van der Waals surface area contributed by atoms with Gasteiger partial charge in [-0.05, 0) is 38.3 Å². The van der Waals surface area contributed by atoms with Crippen molar-refractivity contribution in [1.82, 2.24) is 4.90 Å². The summed E-state index contributed by atoms with van der Waals surface area (Å²) in [5.74, 6) is 0. The topological polar surface area (TPSA) is 29.3 Å². The summed E-state index contributed by atoms with van der Waals surface area (Å²) in [4.78, 5) is 2.62. The molecule has 0 bridgehead atoms. The van der Waals surface area contributed by atoms with Crippen LogP contribution in [0.4, 0.5) is 0 Å². The van der Waals surface area contributed by atoms with Crippen molar-refractivity contribution >= 4 is 0 Å². The molecule has 2 heteroatoms. The molecule has 1 heterocycles. The number of rotatable bonds is 2. The molecule has 2 unspecified atom stereocenters. The summed E-state index contributed by atoms with van der Waals surface area (Å²) in [5, 5.41) is 0. The van der Waals surface area contributed by atoms with E-state index >= 15 is 0 Å². The third-order valence-electron chi connectivity index (χ3n) is 3.42. The van der Waals surface area contributed by atoms with Crippen molar-refractivity contribution in [2.75, 3.05) is 13.1 Å². The maximum absolute atomic E-state index is 6.16. The van der Waals surface area contributed by atoms with Gasteiger partial charge in [0.05, 0.1) is 0 Å². The van der Waals surface area contributed by atoms with Crippen LogP contribution in [0.1, 0.15) is 53.4 Å². The predicted molar refractivity (Wildman–Crippen MR) is 66.9 cm³/mol. The minimum absolute atomic E-state index is 0.267. The molecule has 1 aliphatic rings. The third kappa shape index (κ3) is 3.76. The van der Waals surface area contributed by atoms with E-state index in [4.69, 9.17) is 5.73 Å². The molecule has 0 spiro atoms. The van der Waals surface area contributed by atoms with Crippen LogP contribution in [0.2, 0.25) is 0 Å². The van der Waals surface area contributed by atoms with Crippen LogP contribution in [0.15, 0.2) is 0 Å². The molecular weight excluding hydrogens is 184 g/mol. The molecule has 1 fully saturated rings. The van der Waals surface area contributed by atoms with Crippen molar-refractivity contribution < 1.29 is 0 Å².